The first-order valence-electron chi connectivity index (χ1n) is 7.14. The molecule has 0 aliphatic heterocycles. The Morgan fingerprint density at radius 2 is 1.65 bits per heavy atom. The maximum Gasteiger partial charge on any atom is 0.242 e. The Kier molecular flexibility index (Phi) is 5.50. The second kappa shape index (κ2) is 7.38. The molecule has 0 aliphatic rings. The summed E-state index contributed by atoms with van der Waals surface area (Å²) in [7, 11) is 0.278. The van der Waals surface area contributed by atoms with E-state index in [1.54, 1.807) is 12.1 Å². The molecule has 0 radical (unpaired) electrons. The van der Waals surface area contributed by atoms with Gasteiger partial charge in [0.25, 0.3) is 0 Å². The van der Waals surface area contributed by atoms with Gasteiger partial charge in [0.15, 0.2) is 0 Å². The lowest BCUT2D eigenvalue weighted by Gasteiger charge is -2.11. The van der Waals surface area contributed by atoms with Gasteiger partial charge < -0.3 is 4.90 Å². The quantitative estimate of drug-likeness (QED) is 0.881. The Morgan fingerprint density at radius 1 is 1.04 bits per heavy atom. The second-order valence-corrected chi connectivity index (χ2v) is 7.22. The molecule has 0 fully saturated rings. The molecule has 2 rings (SSSR count). The van der Waals surface area contributed by atoms with Crippen molar-refractivity contribution in [1.82, 2.24) is 9.62 Å². The van der Waals surface area contributed by atoms with Crippen LogP contribution in [0.3, 0.4) is 0 Å². The summed E-state index contributed by atoms with van der Waals surface area (Å²) in [5.74, 6) is 0. The summed E-state index contributed by atoms with van der Waals surface area (Å²) in [4.78, 5) is 2.07. The highest BCUT2D eigenvalue weighted by Crippen LogP contribution is 2.15. The average Bonchev–Trinajstić information content (AvgIpc) is 2.53. The highest BCUT2D eigenvalue weighted by molar-refractivity contribution is 7.89. The second-order valence-electron chi connectivity index (χ2n) is 5.49. The van der Waals surface area contributed by atoms with Crippen molar-refractivity contribution in [2.24, 2.45) is 0 Å². The predicted octanol–water partition coefficient (Wildman–Crippen LogP) is 2.10. The number of sulfonamides is 1. The maximum absolute atomic E-state index is 12.3. The normalized spacial score (nSPS) is 11.4. The monoisotopic (exact) mass is 329 g/mol. The van der Waals surface area contributed by atoms with E-state index in [1.807, 2.05) is 44.4 Å². The average molecular weight is 329 g/mol. The van der Waals surface area contributed by atoms with Crippen molar-refractivity contribution in [1.29, 1.82) is 5.26 Å². The molecule has 0 saturated heterocycles. The molecule has 2 aromatic carbocycles. The van der Waals surface area contributed by atoms with Gasteiger partial charge in [0.1, 0.15) is 6.07 Å². The Bertz CT molecular complexity index is 806. The van der Waals surface area contributed by atoms with Crippen LogP contribution in [0.25, 0.3) is 0 Å². The van der Waals surface area contributed by atoms with Crippen LogP contribution < -0.4 is 4.72 Å². The van der Waals surface area contributed by atoms with Gasteiger partial charge in [-0.15, -0.1) is 0 Å². The smallest absolute Gasteiger partial charge is 0.242 e. The molecule has 0 heterocycles. The summed E-state index contributed by atoms with van der Waals surface area (Å²) in [6, 6.07) is 15.8. The number of rotatable bonds is 6. The first-order valence-corrected chi connectivity index (χ1v) is 8.62. The largest absolute Gasteiger partial charge is 0.305 e. The Balaban J connectivity index is 2.09. The lowest BCUT2D eigenvalue weighted by molar-refractivity contribution is 0.402. The van der Waals surface area contributed by atoms with E-state index < -0.39 is 10.0 Å². The van der Waals surface area contributed by atoms with Crippen LogP contribution in [-0.2, 0) is 23.1 Å². The Morgan fingerprint density at radius 3 is 2.26 bits per heavy atom. The molecule has 23 heavy (non-hydrogen) atoms. The van der Waals surface area contributed by atoms with Gasteiger partial charge in [0.05, 0.1) is 10.5 Å². The fourth-order valence-electron chi connectivity index (χ4n) is 2.18. The van der Waals surface area contributed by atoms with E-state index in [0.29, 0.717) is 0 Å². The standard InChI is InChI=1S/C17H19N3O2S/c1-20(2)13-15-9-7-14(8-10-15)12-19-23(21,22)17-6-4-3-5-16(17)11-18/h3-10,19H,12-13H2,1-2H3. The third kappa shape index (κ3) is 4.63. The minimum absolute atomic E-state index is 0.00623. The molecule has 0 atom stereocenters. The molecule has 2 aromatic rings. The fourth-order valence-corrected chi connectivity index (χ4v) is 3.35. The maximum atomic E-state index is 12.3. The Hall–Kier alpha value is -2.20. The first-order chi connectivity index (χ1) is 10.9. The summed E-state index contributed by atoms with van der Waals surface area (Å²) in [6.45, 7) is 1.02. The van der Waals surface area contributed by atoms with Gasteiger partial charge in [0, 0.05) is 13.1 Å². The van der Waals surface area contributed by atoms with E-state index in [4.69, 9.17) is 5.26 Å². The van der Waals surface area contributed by atoms with Crippen molar-refractivity contribution in [2.75, 3.05) is 14.1 Å². The number of nitrogens with one attached hydrogen (secondary N) is 1. The van der Waals surface area contributed by atoms with Crippen molar-refractivity contribution in [2.45, 2.75) is 18.0 Å². The van der Waals surface area contributed by atoms with Gasteiger partial charge in [-0.05, 0) is 37.4 Å². The molecule has 1 N–H and O–H groups in total. The topological polar surface area (TPSA) is 73.2 Å². The van der Waals surface area contributed by atoms with Crippen LogP contribution >= 0.6 is 0 Å². The van der Waals surface area contributed by atoms with Crippen molar-refractivity contribution >= 4 is 10.0 Å². The highest BCUT2D eigenvalue weighted by atomic mass is 32.2. The lowest BCUT2D eigenvalue weighted by Crippen LogP contribution is -2.24. The predicted molar refractivity (Wildman–Crippen MR) is 89.0 cm³/mol. The van der Waals surface area contributed by atoms with Gasteiger partial charge in [0.2, 0.25) is 10.0 Å². The van der Waals surface area contributed by atoms with E-state index in [0.717, 1.165) is 17.7 Å². The first kappa shape index (κ1) is 17.2. The number of hydrogen-bond donors (Lipinski definition) is 1. The highest BCUT2D eigenvalue weighted by Gasteiger charge is 2.17. The lowest BCUT2D eigenvalue weighted by atomic mass is 10.1. The van der Waals surface area contributed by atoms with E-state index in [2.05, 4.69) is 9.62 Å². The molecular formula is C17H19N3O2S. The molecular weight excluding hydrogens is 310 g/mol. The molecule has 0 unspecified atom stereocenters. The number of nitrogens with zero attached hydrogens (tertiary/aromatic N) is 2. The van der Waals surface area contributed by atoms with Gasteiger partial charge in [-0.1, -0.05) is 36.4 Å². The van der Waals surface area contributed by atoms with Crippen LogP contribution in [0.5, 0.6) is 0 Å². The number of nitriles is 1. The van der Waals surface area contributed by atoms with E-state index in [-0.39, 0.29) is 17.0 Å². The zero-order valence-electron chi connectivity index (χ0n) is 13.2. The molecule has 0 saturated carbocycles. The molecule has 120 valence electrons. The van der Waals surface area contributed by atoms with Crippen LogP contribution in [-0.4, -0.2) is 27.4 Å². The van der Waals surface area contributed by atoms with Crippen LogP contribution in [0.15, 0.2) is 53.4 Å². The van der Waals surface area contributed by atoms with Crippen LogP contribution in [0.2, 0.25) is 0 Å². The summed E-state index contributed by atoms with van der Waals surface area (Å²) in [5.41, 5.74) is 2.17. The number of hydrogen-bond acceptors (Lipinski definition) is 4. The molecule has 6 heteroatoms. The summed E-state index contributed by atoms with van der Waals surface area (Å²) < 4.78 is 27.2. The molecule has 0 spiro atoms. The zero-order chi connectivity index (χ0) is 16.9. The molecule has 0 amide bonds. The summed E-state index contributed by atoms with van der Waals surface area (Å²) in [6.07, 6.45) is 0. The van der Waals surface area contributed by atoms with Crippen LogP contribution in [0.4, 0.5) is 0 Å². The summed E-state index contributed by atoms with van der Waals surface area (Å²) in [5, 5.41) is 9.02. The van der Waals surface area contributed by atoms with Gasteiger partial charge in [-0.25, -0.2) is 13.1 Å². The van der Waals surface area contributed by atoms with Crippen LogP contribution in [0.1, 0.15) is 16.7 Å². The third-order valence-electron chi connectivity index (χ3n) is 3.29. The SMILES string of the molecule is CN(C)Cc1ccc(CNS(=O)(=O)c2ccccc2C#N)cc1. The van der Waals surface area contributed by atoms with Crippen molar-refractivity contribution < 1.29 is 8.42 Å². The van der Waals surface area contributed by atoms with E-state index in [9.17, 15) is 8.42 Å². The van der Waals surface area contributed by atoms with Crippen LogP contribution in [0, 0.1) is 11.3 Å². The van der Waals surface area contributed by atoms with Crippen molar-refractivity contribution in [3.05, 3.63) is 65.2 Å². The minimum Gasteiger partial charge on any atom is -0.305 e. The molecule has 5 nitrogen and oxygen atoms in total. The molecule has 0 aliphatic carbocycles. The van der Waals surface area contributed by atoms with E-state index in [1.165, 1.54) is 12.1 Å². The van der Waals surface area contributed by atoms with Gasteiger partial charge >= 0.3 is 0 Å². The summed E-state index contributed by atoms with van der Waals surface area (Å²) >= 11 is 0. The zero-order valence-corrected chi connectivity index (χ0v) is 14.0. The van der Waals surface area contributed by atoms with E-state index >= 15 is 0 Å². The van der Waals surface area contributed by atoms with Crippen molar-refractivity contribution in [3.63, 3.8) is 0 Å². The third-order valence-corrected chi connectivity index (χ3v) is 4.74. The Labute approximate surface area is 137 Å². The number of benzene rings is 2. The van der Waals surface area contributed by atoms with Gasteiger partial charge in [-0.2, -0.15) is 5.26 Å². The van der Waals surface area contributed by atoms with Crippen molar-refractivity contribution in [3.8, 4) is 6.07 Å². The van der Waals surface area contributed by atoms with Gasteiger partial charge in [-0.3, -0.25) is 0 Å². The fraction of sp³-hybridized carbons (Fsp3) is 0.235. The minimum atomic E-state index is -3.71. The molecule has 0 bridgehead atoms. The molecule has 0 aromatic heterocycles.